The van der Waals surface area contributed by atoms with E-state index in [0.717, 1.165) is 12.8 Å². The van der Waals surface area contributed by atoms with Crippen molar-refractivity contribution in [3.63, 3.8) is 0 Å². The minimum atomic E-state index is -0.703. The Morgan fingerprint density at radius 1 is 1.33 bits per heavy atom. The van der Waals surface area contributed by atoms with Crippen LogP contribution in [-0.2, 0) is 4.79 Å². The molecule has 15 heavy (non-hydrogen) atoms. The van der Waals surface area contributed by atoms with Crippen molar-refractivity contribution in [2.24, 2.45) is 5.92 Å². The number of hydrogen-bond donors (Lipinski definition) is 1. The van der Waals surface area contributed by atoms with E-state index in [1.807, 2.05) is 18.2 Å². The van der Waals surface area contributed by atoms with Gasteiger partial charge in [0, 0.05) is 0 Å². The fraction of sp³-hybridized carbons (Fsp3) is 0.308. The summed E-state index contributed by atoms with van der Waals surface area (Å²) in [6, 6.07) is 10.2. The molecule has 1 unspecified atom stereocenters. The highest BCUT2D eigenvalue weighted by Gasteiger charge is 2.18. The molecule has 0 aromatic heterocycles. The third kappa shape index (κ3) is 2.46. The van der Waals surface area contributed by atoms with Gasteiger partial charge < -0.3 is 5.11 Å². The third-order valence-electron chi connectivity index (χ3n) is 2.80. The van der Waals surface area contributed by atoms with Gasteiger partial charge in [-0.05, 0) is 29.9 Å². The van der Waals surface area contributed by atoms with E-state index < -0.39 is 5.97 Å². The van der Waals surface area contributed by atoms with Gasteiger partial charge in [-0.1, -0.05) is 36.4 Å². The molecule has 2 rings (SSSR count). The van der Waals surface area contributed by atoms with Crippen LogP contribution in [-0.4, -0.2) is 11.1 Å². The van der Waals surface area contributed by atoms with Crippen LogP contribution in [0, 0.1) is 5.92 Å². The van der Waals surface area contributed by atoms with Crippen LogP contribution >= 0.6 is 0 Å². The largest absolute Gasteiger partial charge is 0.481 e. The molecule has 0 saturated heterocycles. The molecule has 1 aromatic carbocycles. The second-order valence-electron chi connectivity index (χ2n) is 3.95. The summed E-state index contributed by atoms with van der Waals surface area (Å²) in [6.45, 7) is 0. The van der Waals surface area contributed by atoms with Gasteiger partial charge in [-0.2, -0.15) is 0 Å². The summed E-state index contributed by atoms with van der Waals surface area (Å²) in [5.41, 5.74) is 2.52. The standard InChI is InChI=1S/C13H14O2/c14-13(15)9-10-6-7-12(8-10)11-4-2-1-3-5-11/h1-5,8,10H,6-7,9H2,(H,14,15). The molecule has 1 aliphatic rings. The maximum atomic E-state index is 10.6. The summed E-state index contributed by atoms with van der Waals surface area (Å²) >= 11 is 0. The van der Waals surface area contributed by atoms with E-state index in [0.29, 0.717) is 0 Å². The second kappa shape index (κ2) is 4.30. The van der Waals surface area contributed by atoms with Gasteiger partial charge in [-0.25, -0.2) is 0 Å². The van der Waals surface area contributed by atoms with Crippen molar-refractivity contribution in [1.82, 2.24) is 0 Å². The van der Waals surface area contributed by atoms with E-state index >= 15 is 0 Å². The first-order valence-electron chi connectivity index (χ1n) is 5.23. The molecule has 0 spiro atoms. The molecule has 0 bridgehead atoms. The van der Waals surface area contributed by atoms with Gasteiger partial charge in [-0.3, -0.25) is 4.79 Å². The number of benzene rings is 1. The lowest BCUT2D eigenvalue weighted by Gasteiger charge is -2.00. The molecular weight excluding hydrogens is 188 g/mol. The van der Waals surface area contributed by atoms with Crippen molar-refractivity contribution in [2.45, 2.75) is 19.3 Å². The number of rotatable bonds is 3. The molecule has 0 aliphatic heterocycles. The van der Waals surface area contributed by atoms with Crippen molar-refractivity contribution in [1.29, 1.82) is 0 Å². The Morgan fingerprint density at radius 3 is 2.73 bits per heavy atom. The van der Waals surface area contributed by atoms with E-state index in [1.165, 1.54) is 11.1 Å². The van der Waals surface area contributed by atoms with Crippen molar-refractivity contribution < 1.29 is 9.90 Å². The maximum Gasteiger partial charge on any atom is 0.303 e. The van der Waals surface area contributed by atoms with Crippen LogP contribution in [0.5, 0.6) is 0 Å². The number of carbonyl (C=O) groups is 1. The fourth-order valence-electron chi connectivity index (χ4n) is 2.07. The molecule has 2 heteroatoms. The van der Waals surface area contributed by atoms with E-state index in [4.69, 9.17) is 5.11 Å². The number of carboxylic acid groups (broad SMARTS) is 1. The Morgan fingerprint density at radius 2 is 2.07 bits per heavy atom. The predicted molar refractivity (Wildman–Crippen MR) is 59.4 cm³/mol. The molecule has 78 valence electrons. The second-order valence-corrected chi connectivity index (χ2v) is 3.95. The van der Waals surface area contributed by atoms with Crippen LogP contribution < -0.4 is 0 Å². The number of hydrogen-bond acceptors (Lipinski definition) is 1. The van der Waals surface area contributed by atoms with Gasteiger partial charge >= 0.3 is 5.97 Å². The first kappa shape index (κ1) is 9.97. The predicted octanol–water partition coefficient (Wildman–Crippen LogP) is 2.95. The number of carboxylic acids is 1. The van der Waals surface area contributed by atoms with Crippen molar-refractivity contribution >= 4 is 11.5 Å². The minimum Gasteiger partial charge on any atom is -0.481 e. The lowest BCUT2D eigenvalue weighted by atomic mass is 10.1. The molecule has 0 heterocycles. The van der Waals surface area contributed by atoms with Gasteiger partial charge in [0.2, 0.25) is 0 Å². The van der Waals surface area contributed by atoms with Crippen molar-refractivity contribution in [2.75, 3.05) is 0 Å². The topological polar surface area (TPSA) is 37.3 Å². The van der Waals surface area contributed by atoms with Gasteiger partial charge in [0.05, 0.1) is 6.42 Å². The summed E-state index contributed by atoms with van der Waals surface area (Å²) in [5.74, 6) is -0.483. The van der Waals surface area contributed by atoms with Gasteiger partial charge in [0.25, 0.3) is 0 Å². The zero-order valence-electron chi connectivity index (χ0n) is 8.52. The molecular formula is C13H14O2. The van der Waals surface area contributed by atoms with Crippen LogP contribution in [0.3, 0.4) is 0 Å². The highest BCUT2D eigenvalue weighted by atomic mass is 16.4. The average molecular weight is 202 g/mol. The molecule has 1 aliphatic carbocycles. The quantitative estimate of drug-likeness (QED) is 0.818. The van der Waals surface area contributed by atoms with Crippen molar-refractivity contribution in [3.8, 4) is 0 Å². The SMILES string of the molecule is O=C(O)CC1C=C(c2ccccc2)CC1. The summed E-state index contributed by atoms with van der Waals surface area (Å²) < 4.78 is 0. The number of aliphatic carboxylic acids is 1. The summed E-state index contributed by atoms with van der Waals surface area (Å²) in [4.78, 5) is 10.6. The van der Waals surface area contributed by atoms with Gasteiger partial charge in [-0.15, -0.1) is 0 Å². The molecule has 0 saturated carbocycles. The Balaban J connectivity index is 2.10. The zero-order valence-corrected chi connectivity index (χ0v) is 8.52. The van der Waals surface area contributed by atoms with Crippen LogP contribution in [0.25, 0.3) is 5.57 Å². The lowest BCUT2D eigenvalue weighted by Crippen LogP contribution is -2.02. The van der Waals surface area contributed by atoms with Crippen LogP contribution in [0.4, 0.5) is 0 Å². The third-order valence-corrected chi connectivity index (χ3v) is 2.80. The monoisotopic (exact) mass is 202 g/mol. The van der Waals surface area contributed by atoms with Crippen molar-refractivity contribution in [3.05, 3.63) is 42.0 Å². The van der Waals surface area contributed by atoms with Gasteiger partial charge in [0.15, 0.2) is 0 Å². The minimum absolute atomic E-state index is 0.220. The Kier molecular flexibility index (Phi) is 2.86. The maximum absolute atomic E-state index is 10.6. The van der Waals surface area contributed by atoms with Crippen LogP contribution in [0.2, 0.25) is 0 Å². The molecule has 1 aromatic rings. The van der Waals surface area contributed by atoms with E-state index in [9.17, 15) is 4.79 Å². The molecule has 1 N–H and O–H groups in total. The van der Waals surface area contributed by atoms with E-state index in [-0.39, 0.29) is 12.3 Å². The lowest BCUT2D eigenvalue weighted by molar-refractivity contribution is -0.137. The zero-order chi connectivity index (χ0) is 10.7. The van der Waals surface area contributed by atoms with E-state index in [2.05, 4.69) is 18.2 Å². The summed E-state index contributed by atoms with van der Waals surface area (Å²) in [6.07, 6.45) is 4.35. The first-order chi connectivity index (χ1) is 7.25. The summed E-state index contributed by atoms with van der Waals surface area (Å²) in [7, 11) is 0. The normalized spacial score (nSPS) is 20.0. The first-order valence-corrected chi connectivity index (χ1v) is 5.23. The van der Waals surface area contributed by atoms with E-state index in [1.54, 1.807) is 0 Å². The molecule has 2 nitrogen and oxygen atoms in total. The Hall–Kier alpha value is -1.57. The Labute approximate surface area is 89.2 Å². The molecule has 0 fully saturated rings. The number of allylic oxidation sites excluding steroid dienone is 2. The average Bonchev–Trinajstić information content (AvgIpc) is 2.67. The summed E-state index contributed by atoms with van der Waals surface area (Å²) in [5, 5.41) is 8.70. The van der Waals surface area contributed by atoms with Gasteiger partial charge in [0.1, 0.15) is 0 Å². The molecule has 0 radical (unpaired) electrons. The molecule has 0 amide bonds. The highest BCUT2D eigenvalue weighted by Crippen LogP contribution is 2.32. The highest BCUT2D eigenvalue weighted by molar-refractivity contribution is 5.71. The Bertz CT molecular complexity index is 379. The fourth-order valence-corrected chi connectivity index (χ4v) is 2.07. The van der Waals surface area contributed by atoms with Crippen LogP contribution in [0.1, 0.15) is 24.8 Å². The molecule has 1 atom stereocenters. The van der Waals surface area contributed by atoms with Crippen LogP contribution in [0.15, 0.2) is 36.4 Å². The smallest absolute Gasteiger partial charge is 0.303 e.